The average Bonchev–Trinajstić information content (AvgIpc) is 3.21. The normalized spacial score (nSPS) is 30.2. The summed E-state index contributed by atoms with van der Waals surface area (Å²) in [4.78, 5) is 35.7. The number of imidazole rings is 1. The summed E-state index contributed by atoms with van der Waals surface area (Å²) in [5.74, 6) is 0. The van der Waals surface area contributed by atoms with Gasteiger partial charge in [-0.05, 0) is 24.3 Å². The smallest absolute Gasteiger partial charge is 0.756 e. The molecule has 15 heteroatoms. The molecule has 2 saturated heterocycles. The minimum absolute atomic E-state index is 0. The first kappa shape index (κ1) is 23.4. The van der Waals surface area contributed by atoms with Crippen LogP contribution in [0.2, 0.25) is 5.02 Å². The van der Waals surface area contributed by atoms with Crippen molar-refractivity contribution in [2.45, 2.75) is 34.6 Å². The van der Waals surface area contributed by atoms with Crippen molar-refractivity contribution in [3.05, 3.63) is 46.0 Å². The third-order valence-corrected chi connectivity index (χ3v) is 6.88. The molecule has 2 aliphatic rings. The van der Waals surface area contributed by atoms with Crippen LogP contribution in [0.5, 0.6) is 0 Å². The van der Waals surface area contributed by atoms with Crippen LogP contribution in [-0.4, -0.2) is 49.5 Å². The number of hydrogen-bond acceptors (Lipinski definition) is 10. The van der Waals surface area contributed by atoms with Crippen LogP contribution in [0.25, 0.3) is 11.2 Å². The second-order valence-corrected chi connectivity index (χ2v) is 9.43. The zero-order valence-electron chi connectivity index (χ0n) is 15.9. The molecule has 5 rings (SSSR count). The number of nitrogens with one attached hydrogen (secondary N) is 1. The van der Waals surface area contributed by atoms with E-state index in [0.717, 1.165) is 4.90 Å². The largest absolute Gasteiger partial charge is 1.00 e. The van der Waals surface area contributed by atoms with Gasteiger partial charge in [0.15, 0.2) is 22.5 Å². The third-order valence-electron chi connectivity index (χ3n) is 4.69. The van der Waals surface area contributed by atoms with Crippen molar-refractivity contribution in [3.8, 4) is 0 Å². The summed E-state index contributed by atoms with van der Waals surface area (Å²) in [6.45, 7) is -0.292. The van der Waals surface area contributed by atoms with E-state index in [9.17, 15) is 19.4 Å². The van der Waals surface area contributed by atoms with Crippen molar-refractivity contribution in [3.63, 3.8) is 0 Å². The van der Waals surface area contributed by atoms with Crippen molar-refractivity contribution in [2.75, 3.05) is 6.61 Å². The molecule has 11 nitrogen and oxygen atoms in total. The number of ether oxygens (including phenoxy) is 1. The minimum Gasteiger partial charge on any atom is -0.756 e. The molecule has 1 unspecified atom stereocenters. The Morgan fingerprint density at radius 3 is 2.84 bits per heavy atom. The predicted molar refractivity (Wildman–Crippen MR) is 102 cm³/mol. The van der Waals surface area contributed by atoms with Crippen molar-refractivity contribution < 1.29 is 57.9 Å². The predicted octanol–water partition coefficient (Wildman–Crippen LogP) is -1.93. The zero-order valence-corrected chi connectivity index (χ0v) is 20.3. The van der Waals surface area contributed by atoms with Gasteiger partial charge >= 0.3 is 29.6 Å². The van der Waals surface area contributed by atoms with Crippen LogP contribution in [0, 0.1) is 0 Å². The van der Waals surface area contributed by atoms with E-state index in [1.807, 2.05) is 0 Å². The van der Waals surface area contributed by atoms with Crippen molar-refractivity contribution in [1.82, 2.24) is 19.5 Å². The number of phosphoric acid groups is 1. The number of fused-ring (bicyclic) bond motifs is 2. The number of H-pyrrole nitrogens is 1. The molecule has 2 aromatic heterocycles. The number of benzene rings is 1. The summed E-state index contributed by atoms with van der Waals surface area (Å²) in [6.07, 6.45) is -3.24. The molecule has 0 radical (unpaired) electrons. The number of aromatic nitrogens is 4. The topological polar surface area (TPSA) is 152 Å². The summed E-state index contributed by atoms with van der Waals surface area (Å²) in [5, 5.41) is 11.7. The van der Waals surface area contributed by atoms with Crippen LogP contribution in [0.3, 0.4) is 0 Å². The van der Waals surface area contributed by atoms with Crippen LogP contribution in [0.15, 0.2) is 45.4 Å². The summed E-state index contributed by atoms with van der Waals surface area (Å²) in [7, 11) is -4.53. The first-order chi connectivity index (χ1) is 14.3. The van der Waals surface area contributed by atoms with Crippen LogP contribution < -0.4 is 40.0 Å². The molecule has 0 spiro atoms. The maximum Gasteiger partial charge on any atom is 1.00 e. The molecule has 0 amide bonds. The van der Waals surface area contributed by atoms with Gasteiger partial charge in [0, 0.05) is 9.92 Å². The Balaban J connectivity index is 0.00000231. The van der Waals surface area contributed by atoms with Gasteiger partial charge in [-0.2, -0.15) is 0 Å². The second kappa shape index (κ2) is 8.88. The fourth-order valence-corrected chi connectivity index (χ4v) is 5.33. The quantitative estimate of drug-likeness (QED) is 0.311. The van der Waals surface area contributed by atoms with Gasteiger partial charge in [0.1, 0.15) is 18.3 Å². The number of phosphoric ester groups is 1. The Morgan fingerprint density at radius 1 is 1.35 bits per heavy atom. The summed E-state index contributed by atoms with van der Waals surface area (Å²) >= 11 is 7.13. The van der Waals surface area contributed by atoms with Crippen molar-refractivity contribution >= 4 is 42.3 Å². The molecular weight excluding hydrogens is 482 g/mol. The molecule has 158 valence electrons. The monoisotopic (exact) mass is 494 g/mol. The van der Waals surface area contributed by atoms with Gasteiger partial charge in [0.2, 0.25) is 0 Å². The van der Waals surface area contributed by atoms with Crippen LogP contribution >= 0.6 is 31.2 Å². The summed E-state index contributed by atoms with van der Waals surface area (Å²) in [6, 6.07) is 6.94. The number of rotatable bonds is 3. The second-order valence-electron chi connectivity index (χ2n) is 6.59. The van der Waals surface area contributed by atoms with E-state index >= 15 is 0 Å². The fourth-order valence-electron chi connectivity index (χ4n) is 3.35. The van der Waals surface area contributed by atoms with E-state index in [4.69, 9.17) is 20.9 Å². The molecule has 1 aromatic carbocycles. The summed E-state index contributed by atoms with van der Waals surface area (Å²) < 4.78 is 28.5. The molecule has 2 aliphatic heterocycles. The number of aromatic amines is 1. The SMILES string of the molecule is O=c1[nH]cnc2c1nc(Sc1ccc(Cl)cc1)n2[C@@H]1O[C@@H]2COP(=O)([O-])O[C@H]2[C@H]1O.[Na+]. The molecule has 2 fully saturated rings. The summed E-state index contributed by atoms with van der Waals surface area (Å²) in [5.41, 5.74) is -0.249. The van der Waals surface area contributed by atoms with Gasteiger partial charge in [0.25, 0.3) is 13.4 Å². The van der Waals surface area contributed by atoms with Crippen molar-refractivity contribution in [2.24, 2.45) is 0 Å². The van der Waals surface area contributed by atoms with E-state index in [1.54, 1.807) is 24.3 Å². The van der Waals surface area contributed by atoms with Crippen molar-refractivity contribution in [1.29, 1.82) is 0 Å². The van der Waals surface area contributed by atoms with E-state index in [2.05, 4.69) is 19.5 Å². The van der Waals surface area contributed by atoms with E-state index in [-0.39, 0.29) is 47.3 Å². The minimum atomic E-state index is -4.53. The zero-order chi connectivity index (χ0) is 21.0. The average molecular weight is 495 g/mol. The number of hydrogen-bond donors (Lipinski definition) is 2. The number of aliphatic hydroxyl groups is 1. The van der Waals surface area contributed by atoms with Gasteiger partial charge in [-0.25, -0.2) is 9.97 Å². The van der Waals surface area contributed by atoms with Gasteiger partial charge in [-0.1, -0.05) is 23.4 Å². The number of nitrogens with zero attached hydrogens (tertiary/aromatic N) is 3. The Bertz CT molecular complexity index is 1220. The maximum absolute atomic E-state index is 12.2. The van der Waals surface area contributed by atoms with Gasteiger partial charge in [0.05, 0.1) is 12.9 Å². The molecule has 2 N–H and O–H groups in total. The third kappa shape index (κ3) is 4.40. The Kier molecular flexibility index (Phi) is 6.70. The molecule has 0 saturated carbocycles. The standard InChI is InChI=1S/C16H14ClN4O7PS.Na/c17-7-1-3-8(4-2-7)30-16-20-10-13(18-6-19-14(10)23)21(16)15-11(22)12-9(27-15)5-26-29(24,25)28-12;/h1-4,6,9,11-12,15,22H,5H2,(H,24,25)(H,18,19,23);/q;+1/p-1/t9-,11-,12-,15-;/m1./s1. The van der Waals surface area contributed by atoms with Gasteiger partial charge in [-0.3, -0.25) is 13.9 Å². The molecule has 31 heavy (non-hydrogen) atoms. The molecular formula is C16H13ClN4NaO7PS. The van der Waals surface area contributed by atoms with Crippen LogP contribution in [0.4, 0.5) is 0 Å². The van der Waals surface area contributed by atoms with Gasteiger partial charge in [-0.15, -0.1) is 0 Å². The van der Waals surface area contributed by atoms with Crippen LogP contribution in [0.1, 0.15) is 6.23 Å². The first-order valence-electron chi connectivity index (χ1n) is 8.69. The fraction of sp³-hybridized carbons (Fsp3) is 0.312. The van der Waals surface area contributed by atoms with E-state index < -0.39 is 37.9 Å². The molecule has 3 aromatic rings. The first-order valence-corrected chi connectivity index (χ1v) is 11.3. The number of aliphatic hydroxyl groups excluding tert-OH is 1. The van der Waals surface area contributed by atoms with E-state index in [0.29, 0.717) is 10.2 Å². The molecule has 5 atom stereocenters. The number of halogens is 1. The Hall–Kier alpha value is -0.760. The molecule has 4 heterocycles. The Morgan fingerprint density at radius 2 is 2.10 bits per heavy atom. The maximum atomic E-state index is 12.2. The van der Waals surface area contributed by atoms with E-state index in [1.165, 1.54) is 22.7 Å². The molecule has 0 bridgehead atoms. The van der Waals surface area contributed by atoms with Crippen LogP contribution in [-0.2, 0) is 18.3 Å². The molecule has 0 aliphatic carbocycles. The van der Waals surface area contributed by atoms with Gasteiger partial charge < -0.3 is 28.8 Å². The Labute approximate surface area is 206 Å².